The van der Waals surface area contributed by atoms with Gasteiger partial charge < -0.3 is 0 Å². The first kappa shape index (κ1) is 15.2. The molecule has 0 heterocycles. The SMILES string of the molecule is Cc1ccc(F)c(C(=O)Cc2cccc(C(F)(F)F)c2)c1. The van der Waals surface area contributed by atoms with Crippen molar-refractivity contribution in [1.29, 1.82) is 0 Å². The highest BCUT2D eigenvalue weighted by atomic mass is 19.4. The third-order valence-corrected chi connectivity index (χ3v) is 3.04. The Morgan fingerprint density at radius 2 is 1.81 bits per heavy atom. The van der Waals surface area contributed by atoms with Crippen LogP contribution in [0.15, 0.2) is 42.5 Å². The molecule has 2 rings (SSSR count). The van der Waals surface area contributed by atoms with E-state index < -0.39 is 23.3 Å². The number of hydrogen-bond acceptors (Lipinski definition) is 1. The summed E-state index contributed by atoms with van der Waals surface area (Å²) in [5.74, 6) is -1.21. The number of ketones is 1. The molecule has 21 heavy (non-hydrogen) atoms. The van der Waals surface area contributed by atoms with Crippen molar-refractivity contribution >= 4 is 5.78 Å². The zero-order chi connectivity index (χ0) is 15.6. The van der Waals surface area contributed by atoms with Gasteiger partial charge in [0.15, 0.2) is 5.78 Å². The minimum absolute atomic E-state index is 0.104. The van der Waals surface area contributed by atoms with Crippen LogP contribution < -0.4 is 0 Å². The zero-order valence-electron chi connectivity index (χ0n) is 11.2. The van der Waals surface area contributed by atoms with Crippen molar-refractivity contribution in [3.05, 3.63) is 70.5 Å². The Labute approximate surface area is 119 Å². The summed E-state index contributed by atoms with van der Waals surface area (Å²) >= 11 is 0. The van der Waals surface area contributed by atoms with E-state index in [2.05, 4.69) is 0 Å². The Morgan fingerprint density at radius 3 is 2.48 bits per heavy atom. The van der Waals surface area contributed by atoms with Crippen molar-refractivity contribution in [1.82, 2.24) is 0 Å². The van der Waals surface area contributed by atoms with E-state index in [1.165, 1.54) is 30.3 Å². The van der Waals surface area contributed by atoms with Crippen LogP contribution in [0.3, 0.4) is 0 Å². The summed E-state index contributed by atoms with van der Waals surface area (Å²) in [5, 5.41) is 0. The van der Waals surface area contributed by atoms with Gasteiger partial charge in [-0.3, -0.25) is 4.79 Å². The van der Waals surface area contributed by atoms with Crippen molar-refractivity contribution in [3.8, 4) is 0 Å². The number of hydrogen-bond donors (Lipinski definition) is 0. The maximum atomic E-state index is 13.6. The molecule has 0 atom stereocenters. The summed E-state index contributed by atoms with van der Waals surface area (Å²) in [5.41, 5.74) is -0.00977. The van der Waals surface area contributed by atoms with Crippen LogP contribution in [0.2, 0.25) is 0 Å². The predicted octanol–water partition coefficient (Wildman–Crippen LogP) is 4.58. The first-order chi connectivity index (χ1) is 9.77. The van der Waals surface area contributed by atoms with Gasteiger partial charge in [-0.05, 0) is 30.7 Å². The molecule has 0 saturated heterocycles. The highest BCUT2D eigenvalue weighted by Crippen LogP contribution is 2.29. The predicted molar refractivity (Wildman–Crippen MR) is 70.6 cm³/mol. The Balaban J connectivity index is 2.26. The lowest BCUT2D eigenvalue weighted by atomic mass is 9.99. The fraction of sp³-hybridized carbons (Fsp3) is 0.188. The summed E-state index contributed by atoms with van der Waals surface area (Å²) in [4.78, 5) is 12.0. The average Bonchev–Trinajstić information content (AvgIpc) is 2.41. The Morgan fingerprint density at radius 1 is 1.10 bits per heavy atom. The molecule has 5 heteroatoms. The van der Waals surface area contributed by atoms with E-state index in [4.69, 9.17) is 0 Å². The van der Waals surface area contributed by atoms with E-state index in [1.54, 1.807) is 6.92 Å². The van der Waals surface area contributed by atoms with Gasteiger partial charge in [-0.2, -0.15) is 13.2 Å². The minimum atomic E-state index is -4.46. The second-order valence-electron chi connectivity index (χ2n) is 4.78. The Kier molecular flexibility index (Phi) is 4.11. The smallest absolute Gasteiger partial charge is 0.294 e. The molecule has 0 aliphatic rings. The van der Waals surface area contributed by atoms with Crippen LogP contribution in [-0.2, 0) is 12.6 Å². The molecule has 0 aromatic heterocycles. The summed E-state index contributed by atoms with van der Waals surface area (Å²) in [6.07, 6.45) is -4.74. The normalized spacial score (nSPS) is 11.5. The molecule has 0 aliphatic heterocycles. The highest BCUT2D eigenvalue weighted by molar-refractivity contribution is 5.97. The maximum Gasteiger partial charge on any atom is 0.416 e. The quantitative estimate of drug-likeness (QED) is 0.598. The van der Waals surface area contributed by atoms with Gasteiger partial charge in [-0.15, -0.1) is 0 Å². The molecule has 0 aliphatic carbocycles. The maximum absolute atomic E-state index is 13.6. The number of alkyl halides is 3. The fourth-order valence-corrected chi connectivity index (χ4v) is 1.99. The van der Waals surface area contributed by atoms with Gasteiger partial charge >= 0.3 is 6.18 Å². The number of Topliss-reactive ketones (excluding diaryl/α,β-unsaturated/α-hetero) is 1. The van der Waals surface area contributed by atoms with Crippen LogP contribution in [-0.4, -0.2) is 5.78 Å². The van der Waals surface area contributed by atoms with Gasteiger partial charge in [0.1, 0.15) is 5.82 Å². The average molecular weight is 296 g/mol. The molecular formula is C16H12F4O. The van der Waals surface area contributed by atoms with Crippen molar-refractivity contribution in [2.75, 3.05) is 0 Å². The molecule has 1 nitrogen and oxygen atoms in total. The van der Waals surface area contributed by atoms with Crippen LogP contribution in [0.1, 0.15) is 27.0 Å². The molecule has 0 spiro atoms. The lowest BCUT2D eigenvalue weighted by Crippen LogP contribution is -2.09. The molecule has 0 saturated carbocycles. The van der Waals surface area contributed by atoms with Gasteiger partial charge in [0, 0.05) is 6.42 Å². The van der Waals surface area contributed by atoms with E-state index in [1.807, 2.05) is 0 Å². The first-order valence-corrected chi connectivity index (χ1v) is 6.23. The van der Waals surface area contributed by atoms with Gasteiger partial charge in [0.25, 0.3) is 0 Å². The summed E-state index contributed by atoms with van der Waals surface area (Å²) in [6.45, 7) is 1.71. The molecule has 0 N–H and O–H groups in total. The van der Waals surface area contributed by atoms with Crippen molar-refractivity contribution in [2.45, 2.75) is 19.5 Å². The monoisotopic (exact) mass is 296 g/mol. The summed E-state index contributed by atoms with van der Waals surface area (Å²) in [6, 6.07) is 8.59. The van der Waals surface area contributed by atoms with Crippen molar-refractivity contribution < 1.29 is 22.4 Å². The molecule has 0 unspecified atom stereocenters. The van der Waals surface area contributed by atoms with Crippen LogP contribution in [0.25, 0.3) is 0 Å². The number of halogens is 4. The van der Waals surface area contributed by atoms with Gasteiger partial charge in [0.05, 0.1) is 11.1 Å². The molecule has 0 radical (unpaired) electrons. The number of rotatable bonds is 3. The van der Waals surface area contributed by atoms with Gasteiger partial charge in [-0.1, -0.05) is 29.8 Å². The molecule has 0 bridgehead atoms. The van der Waals surface area contributed by atoms with Crippen LogP contribution in [0, 0.1) is 12.7 Å². The number of aryl methyl sites for hydroxylation is 1. The Hall–Kier alpha value is -2.17. The molecule has 0 fully saturated rings. The Bertz CT molecular complexity index is 674. The number of benzene rings is 2. The summed E-state index contributed by atoms with van der Waals surface area (Å²) < 4.78 is 51.4. The minimum Gasteiger partial charge on any atom is -0.294 e. The molecular weight excluding hydrogens is 284 g/mol. The third-order valence-electron chi connectivity index (χ3n) is 3.04. The largest absolute Gasteiger partial charge is 0.416 e. The first-order valence-electron chi connectivity index (χ1n) is 6.23. The summed E-state index contributed by atoms with van der Waals surface area (Å²) in [7, 11) is 0. The van der Waals surface area contributed by atoms with Crippen LogP contribution in [0.4, 0.5) is 17.6 Å². The second kappa shape index (κ2) is 5.68. The van der Waals surface area contributed by atoms with E-state index in [9.17, 15) is 22.4 Å². The van der Waals surface area contributed by atoms with Gasteiger partial charge in [-0.25, -0.2) is 4.39 Å². The van der Waals surface area contributed by atoms with E-state index >= 15 is 0 Å². The lowest BCUT2D eigenvalue weighted by molar-refractivity contribution is -0.137. The third kappa shape index (κ3) is 3.68. The van der Waals surface area contributed by atoms with Crippen LogP contribution >= 0.6 is 0 Å². The van der Waals surface area contributed by atoms with Crippen molar-refractivity contribution in [2.24, 2.45) is 0 Å². The van der Waals surface area contributed by atoms with Crippen molar-refractivity contribution in [3.63, 3.8) is 0 Å². The van der Waals surface area contributed by atoms with E-state index in [-0.39, 0.29) is 17.5 Å². The fourth-order valence-electron chi connectivity index (χ4n) is 1.99. The van der Waals surface area contributed by atoms with E-state index in [0.717, 1.165) is 12.1 Å². The van der Waals surface area contributed by atoms with E-state index in [0.29, 0.717) is 5.56 Å². The topological polar surface area (TPSA) is 17.1 Å². The lowest BCUT2D eigenvalue weighted by Gasteiger charge is -2.09. The van der Waals surface area contributed by atoms with Crippen LogP contribution in [0.5, 0.6) is 0 Å². The highest BCUT2D eigenvalue weighted by Gasteiger charge is 2.30. The molecule has 110 valence electrons. The standard InChI is InChI=1S/C16H12F4O/c1-10-5-6-14(17)13(7-10)15(21)9-11-3-2-4-12(8-11)16(18,19)20/h2-8H,9H2,1H3. The number of carbonyl (C=O) groups excluding carboxylic acids is 1. The van der Waals surface area contributed by atoms with Gasteiger partial charge in [0.2, 0.25) is 0 Å². The zero-order valence-corrected chi connectivity index (χ0v) is 11.2. The molecule has 2 aromatic carbocycles. The molecule has 0 amide bonds. The molecule has 2 aromatic rings. The number of carbonyl (C=O) groups is 1. The second-order valence-corrected chi connectivity index (χ2v) is 4.78.